The van der Waals surface area contributed by atoms with E-state index in [9.17, 15) is 4.79 Å². The van der Waals surface area contributed by atoms with Crippen LogP contribution in [-0.2, 0) is 15.9 Å². The first-order valence-electron chi connectivity index (χ1n) is 6.39. The van der Waals surface area contributed by atoms with E-state index in [2.05, 4.69) is 36.2 Å². The van der Waals surface area contributed by atoms with Gasteiger partial charge in [0, 0.05) is 0 Å². The fourth-order valence-corrected chi connectivity index (χ4v) is 1.73. The summed E-state index contributed by atoms with van der Waals surface area (Å²) in [5.74, 6) is 0. The SMILES string of the molecule is CC(C)(C)OC(=O)NC(=BOC#N)NCc1cc(Br)ccn1. The third-order valence-electron chi connectivity index (χ3n) is 2.10. The normalized spacial score (nSPS) is 11.0. The molecule has 1 aromatic heterocycles. The Morgan fingerprint density at radius 1 is 1.55 bits per heavy atom. The predicted octanol–water partition coefficient (Wildman–Crippen LogP) is 1.66. The van der Waals surface area contributed by atoms with Crippen LogP contribution in [0.25, 0.3) is 0 Å². The van der Waals surface area contributed by atoms with Crippen LogP contribution in [0.15, 0.2) is 22.8 Å². The Balaban J connectivity index is 2.65. The molecule has 9 heteroatoms. The van der Waals surface area contributed by atoms with Crippen molar-refractivity contribution >= 4 is 34.9 Å². The summed E-state index contributed by atoms with van der Waals surface area (Å²) >= 11 is 3.34. The Morgan fingerprint density at radius 2 is 2.27 bits per heavy atom. The molecule has 0 unspecified atom stereocenters. The van der Waals surface area contributed by atoms with E-state index in [1.165, 1.54) is 6.26 Å². The molecule has 1 heterocycles. The monoisotopic (exact) mass is 366 g/mol. The van der Waals surface area contributed by atoms with Crippen molar-refractivity contribution in [3.05, 3.63) is 28.5 Å². The number of carbonyl (C=O) groups excluding carboxylic acids is 1. The number of halogens is 1. The molecular formula is C13H16BBrN4O3. The number of alkyl carbamates (subject to hydrolysis) is 1. The number of rotatable bonds is 5. The van der Waals surface area contributed by atoms with Crippen LogP contribution in [0.2, 0.25) is 0 Å². The summed E-state index contributed by atoms with van der Waals surface area (Å²) in [6.45, 7) is 5.58. The minimum atomic E-state index is -0.657. The summed E-state index contributed by atoms with van der Waals surface area (Å²) in [6, 6.07) is 3.63. The first-order valence-corrected chi connectivity index (χ1v) is 7.18. The zero-order chi connectivity index (χ0) is 16.6. The molecule has 0 bridgehead atoms. The van der Waals surface area contributed by atoms with Crippen LogP contribution < -0.4 is 10.6 Å². The third kappa shape index (κ3) is 7.64. The van der Waals surface area contributed by atoms with Crippen LogP contribution in [0.3, 0.4) is 0 Å². The second-order valence-corrected chi connectivity index (χ2v) is 6.10. The molecule has 1 amide bonds. The quantitative estimate of drug-likeness (QED) is 0.607. The van der Waals surface area contributed by atoms with Crippen molar-refractivity contribution in [3.8, 4) is 6.26 Å². The van der Waals surface area contributed by atoms with Crippen molar-refractivity contribution in [2.75, 3.05) is 0 Å². The second-order valence-electron chi connectivity index (χ2n) is 5.19. The van der Waals surface area contributed by atoms with Crippen LogP contribution in [0.4, 0.5) is 4.79 Å². The van der Waals surface area contributed by atoms with Crippen LogP contribution in [0.5, 0.6) is 0 Å². The number of amides is 1. The first kappa shape index (κ1) is 18.0. The molecule has 0 aliphatic heterocycles. The van der Waals surface area contributed by atoms with E-state index in [0.29, 0.717) is 6.54 Å². The number of aromatic nitrogens is 1. The third-order valence-corrected chi connectivity index (χ3v) is 2.60. The van der Waals surface area contributed by atoms with Crippen molar-refractivity contribution in [2.24, 2.45) is 0 Å². The van der Waals surface area contributed by atoms with E-state index in [0.717, 1.165) is 17.3 Å². The van der Waals surface area contributed by atoms with E-state index < -0.39 is 11.7 Å². The number of nitrogens with one attached hydrogen (secondary N) is 2. The van der Waals surface area contributed by atoms with Crippen LogP contribution in [0, 0.1) is 11.5 Å². The zero-order valence-corrected chi connectivity index (χ0v) is 14.1. The van der Waals surface area contributed by atoms with E-state index in [1.807, 2.05) is 6.07 Å². The number of hydrogen-bond acceptors (Lipinski definition) is 6. The summed E-state index contributed by atoms with van der Waals surface area (Å²) in [4.78, 5) is 15.9. The van der Waals surface area contributed by atoms with Gasteiger partial charge in [0.2, 0.25) is 0 Å². The maximum atomic E-state index is 11.7. The Labute approximate surface area is 138 Å². The Hall–Kier alpha value is -2.08. The molecule has 0 aliphatic rings. The molecular weight excluding hydrogens is 351 g/mol. The van der Waals surface area contributed by atoms with E-state index >= 15 is 0 Å². The van der Waals surface area contributed by atoms with Gasteiger partial charge in [0.1, 0.15) is 0 Å². The van der Waals surface area contributed by atoms with Crippen molar-refractivity contribution in [2.45, 2.75) is 32.9 Å². The zero-order valence-electron chi connectivity index (χ0n) is 12.5. The molecule has 0 radical (unpaired) electrons. The van der Waals surface area contributed by atoms with Gasteiger partial charge in [-0.25, -0.2) is 0 Å². The molecule has 0 aromatic carbocycles. The molecule has 22 heavy (non-hydrogen) atoms. The molecule has 0 saturated heterocycles. The predicted molar refractivity (Wildman–Crippen MR) is 85.6 cm³/mol. The second kappa shape index (κ2) is 8.39. The Kier molecular flexibility index (Phi) is 6.85. The van der Waals surface area contributed by atoms with Gasteiger partial charge < -0.3 is 0 Å². The van der Waals surface area contributed by atoms with Crippen molar-refractivity contribution < 1.29 is 14.2 Å². The summed E-state index contributed by atoms with van der Waals surface area (Å²) in [6.07, 6.45) is 2.49. The van der Waals surface area contributed by atoms with Gasteiger partial charge in [-0.2, -0.15) is 0 Å². The molecule has 116 valence electrons. The molecule has 0 fully saturated rings. The Bertz CT molecular complexity index is 596. The minimum absolute atomic E-state index is 0.192. The van der Waals surface area contributed by atoms with Gasteiger partial charge in [-0.1, -0.05) is 0 Å². The standard InChI is InChI=1S/C13H16BBrN4O3/c1-13(2,3)22-12(20)19-11(14-21-8-16)18-7-10-6-9(15)4-5-17-10/h4-6,18H,7H2,1-3H3,(H,19,20). The fraction of sp³-hybridized carbons (Fsp3) is 0.385. The topological polar surface area (TPSA) is 96.3 Å². The summed E-state index contributed by atoms with van der Waals surface area (Å²) in [7, 11) is 1.09. The molecule has 1 rings (SSSR count). The van der Waals surface area contributed by atoms with Gasteiger partial charge >= 0.3 is 138 Å². The first-order chi connectivity index (χ1) is 10.3. The number of carbonyl (C=O) groups is 1. The number of pyridine rings is 1. The molecule has 0 aliphatic carbocycles. The van der Waals surface area contributed by atoms with Crippen LogP contribution in [0.1, 0.15) is 26.5 Å². The number of nitrogens with zero attached hydrogens (tertiary/aromatic N) is 2. The number of ether oxygens (including phenoxy) is 1. The van der Waals surface area contributed by atoms with Gasteiger partial charge in [0.15, 0.2) is 0 Å². The molecule has 0 atom stereocenters. The summed E-state index contributed by atoms with van der Waals surface area (Å²) in [5.41, 5.74) is 0.303. The van der Waals surface area contributed by atoms with Crippen molar-refractivity contribution in [1.29, 1.82) is 5.26 Å². The molecule has 0 saturated carbocycles. The van der Waals surface area contributed by atoms with Crippen molar-refractivity contribution in [1.82, 2.24) is 15.6 Å². The van der Waals surface area contributed by atoms with E-state index in [4.69, 9.17) is 10.00 Å². The number of nitriles is 1. The number of hydrogen-bond donors (Lipinski definition) is 2. The van der Waals surface area contributed by atoms with Gasteiger partial charge in [-0.3, -0.25) is 0 Å². The molecule has 1 aromatic rings. The van der Waals surface area contributed by atoms with E-state index in [-0.39, 0.29) is 5.71 Å². The van der Waals surface area contributed by atoms with E-state index in [1.54, 1.807) is 33.0 Å². The fourth-order valence-electron chi connectivity index (χ4n) is 1.35. The van der Waals surface area contributed by atoms with Gasteiger partial charge in [0.25, 0.3) is 0 Å². The molecule has 2 N–H and O–H groups in total. The average Bonchev–Trinajstić information content (AvgIpc) is 2.40. The summed E-state index contributed by atoms with van der Waals surface area (Å²) < 4.78 is 10.5. The van der Waals surface area contributed by atoms with Gasteiger partial charge in [0.05, 0.1) is 0 Å². The summed E-state index contributed by atoms with van der Waals surface area (Å²) in [5, 5.41) is 13.8. The average molecular weight is 367 g/mol. The molecule has 0 spiro atoms. The van der Waals surface area contributed by atoms with Gasteiger partial charge in [-0.15, -0.1) is 0 Å². The van der Waals surface area contributed by atoms with Crippen molar-refractivity contribution in [3.63, 3.8) is 0 Å². The van der Waals surface area contributed by atoms with Gasteiger partial charge in [-0.05, 0) is 0 Å². The van der Waals surface area contributed by atoms with Crippen LogP contribution >= 0.6 is 15.9 Å². The Morgan fingerprint density at radius 3 is 2.86 bits per heavy atom. The maximum absolute atomic E-state index is 11.7. The molecule has 7 nitrogen and oxygen atoms in total. The van der Waals surface area contributed by atoms with Crippen LogP contribution in [-0.4, -0.2) is 29.5 Å².